The van der Waals surface area contributed by atoms with Crippen molar-refractivity contribution >= 4 is 11.5 Å². The average Bonchev–Trinajstić information content (AvgIpc) is 3.09. The maximum Gasteiger partial charge on any atom is 0.432 e. The van der Waals surface area contributed by atoms with Crippen molar-refractivity contribution in [2.24, 2.45) is 0 Å². The Balaban J connectivity index is 1.67. The molecular weight excluding hydrogens is 303 g/mol. The Labute approximate surface area is 123 Å². The highest BCUT2D eigenvalue weighted by molar-refractivity contribution is 7.03. The second-order valence-electron chi connectivity index (χ2n) is 5.15. The summed E-state index contributed by atoms with van der Waals surface area (Å²) in [6.07, 6.45) is -1.72. The number of rotatable bonds is 3. The van der Waals surface area contributed by atoms with Crippen LogP contribution < -0.4 is 0 Å². The van der Waals surface area contributed by atoms with Gasteiger partial charge in [0.15, 0.2) is 0 Å². The zero-order valence-electron chi connectivity index (χ0n) is 11.1. The van der Waals surface area contributed by atoms with Crippen molar-refractivity contribution in [3.05, 3.63) is 28.8 Å². The minimum absolute atomic E-state index is 0.00134. The SMILES string of the molecule is FC(F)(F)c1cnc([C@@H]2CCCN(Cc3csnn3)C2)[nH]1. The fourth-order valence-electron chi connectivity index (χ4n) is 2.59. The van der Waals surface area contributed by atoms with Gasteiger partial charge in [-0.05, 0) is 30.9 Å². The van der Waals surface area contributed by atoms with Crippen LogP contribution in [0.15, 0.2) is 11.6 Å². The van der Waals surface area contributed by atoms with Gasteiger partial charge in [0.25, 0.3) is 0 Å². The molecule has 114 valence electrons. The summed E-state index contributed by atoms with van der Waals surface area (Å²) < 4.78 is 41.6. The maximum atomic E-state index is 12.6. The van der Waals surface area contributed by atoms with Gasteiger partial charge in [-0.25, -0.2) is 4.98 Å². The van der Waals surface area contributed by atoms with E-state index in [1.165, 1.54) is 11.5 Å². The van der Waals surface area contributed by atoms with E-state index in [-0.39, 0.29) is 5.92 Å². The van der Waals surface area contributed by atoms with Crippen LogP contribution >= 0.6 is 11.5 Å². The zero-order valence-corrected chi connectivity index (χ0v) is 11.9. The Morgan fingerprint density at radius 1 is 1.43 bits per heavy atom. The number of hydrogen-bond donors (Lipinski definition) is 1. The number of imidazole rings is 1. The molecule has 1 atom stereocenters. The van der Waals surface area contributed by atoms with Crippen molar-refractivity contribution in [2.45, 2.75) is 31.5 Å². The van der Waals surface area contributed by atoms with E-state index in [0.717, 1.165) is 31.3 Å². The fourth-order valence-corrected chi connectivity index (χ4v) is 3.03. The van der Waals surface area contributed by atoms with E-state index in [4.69, 9.17) is 0 Å². The van der Waals surface area contributed by atoms with E-state index >= 15 is 0 Å². The molecule has 9 heteroatoms. The lowest BCUT2D eigenvalue weighted by atomic mass is 9.97. The molecule has 2 aromatic rings. The summed E-state index contributed by atoms with van der Waals surface area (Å²) in [5, 5.41) is 5.89. The van der Waals surface area contributed by atoms with Gasteiger partial charge in [0.1, 0.15) is 11.5 Å². The van der Waals surface area contributed by atoms with E-state index in [0.29, 0.717) is 18.9 Å². The van der Waals surface area contributed by atoms with Gasteiger partial charge in [-0.1, -0.05) is 4.49 Å². The van der Waals surface area contributed by atoms with Crippen LogP contribution in [-0.2, 0) is 12.7 Å². The smallest absolute Gasteiger partial charge is 0.338 e. The molecule has 3 heterocycles. The highest BCUT2D eigenvalue weighted by Gasteiger charge is 2.34. The summed E-state index contributed by atoms with van der Waals surface area (Å²) in [6, 6.07) is 0. The van der Waals surface area contributed by atoms with Crippen molar-refractivity contribution < 1.29 is 13.2 Å². The van der Waals surface area contributed by atoms with Crippen LogP contribution in [0.1, 0.15) is 36.0 Å². The first kappa shape index (κ1) is 14.5. The normalized spacial score (nSPS) is 20.8. The standard InChI is InChI=1S/C12H14F3N5S/c13-12(14,15)10-4-16-11(17-10)8-2-1-3-20(5-8)6-9-7-21-19-18-9/h4,7-8H,1-3,5-6H2,(H,16,17)/t8-/m1/s1. The van der Waals surface area contributed by atoms with Crippen LogP contribution in [0.5, 0.6) is 0 Å². The summed E-state index contributed by atoms with van der Waals surface area (Å²) in [7, 11) is 0. The van der Waals surface area contributed by atoms with Gasteiger partial charge in [-0.2, -0.15) is 13.2 Å². The van der Waals surface area contributed by atoms with Crippen molar-refractivity contribution in [1.29, 1.82) is 0 Å². The molecule has 1 N–H and O–H groups in total. The van der Waals surface area contributed by atoms with E-state index in [2.05, 4.69) is 24.5 Å². The summed E-state index contributed by atoms with van der Waals surface area (Å²) in [5.74, 6) is 0.421. The Morgan fingerprint density at radius 3 is 2.95 bits per heavy atom. The Morgan fingerprint density at radius 2 is 2.29 bits per heavy atom. The van der Waals surface area contributed by atoms with E-state index in [9.17, 15) is 13.2 Å². The molecule has 0 aromatic carbocycles. The lowest BCUT2D eigenvalue weighted by Gasteiger charge is -2.31. The number of aromatic amines is 1. The highest BCUT2D eigenvalue weighted by atomic mass is 32.1. The van der Waals surface area contributed by atoms with E-state index in [1.807, 2.05) is 5.38 Å². The predicted molar refractivity (Wildman–Crippen MR) is 70.8 cm³/mol. The number of halogens is 3. The Hall–Kier alpha value is -1.48. The quantitative estimate of drug-likeness (QED) is 0.945. The van der Waals surface area contributed by atoms with Crippen molar-refractivity contribution in [3.63, 3.8) is 0 Å². The number of nitrogens with zero attached hydrogens (tertiary/aromatic N) is 4. The van der Waals surface area contributed by atoms with Crippen LogP contribution in [0.3, 0.4) is 0 Å². The van der Waals surface area contributed by atoms with Gasteiger partial charge in [-0.15, -0.1) is 5.10 Å². The van der Waals surface area contributed by atoms with E-state index in [1.54, 1.807) is 0 Å². The fraction of sp³-hybridized carbons (Fsp3) is 0.583. The number of piperidine rings is 1. The van der Waals surface area contributed by atoms with Crippen molar-refractivity contribution in [2.75, 3.05) is 13.1 Å². The number of alkyl halides is 3. The number of nitrogens with one attached hydrogen (secondary N) is 1. The summed E-state index contributed by atoms with van der Waals surface area (Å²) in [4.78, 5) is 8.50. The van der Waals surface area contributed by atoms with Crippen LogP contribution in [-0.4, -0.2) is 37.5 Å². The molecule has 5 nitrogen and oxygen atoms in total. The molecular formula is C12H14F3N5S. The molecule has 0 amide bonds. The van der Waals surface area contributed by atoms with Gasteiger partial charge in [0, 0.05) is 24.4 Å². The van der Waals surface area contributed by atoms with Gasteiger partial charge in [0.2, 0.25) is 0 Å². The molecule has 0 spiro atoms. The van der Waals surface area contributed by atoms with E-state index < -0.39 is 11.9 Å². The molecule has 0 saturated carbocycles. The van der Waals surface area contributed by atoms with Crippen LogP contribution in [0.25, 0.3) is 0 Å². The maximum absolute atomic E-state index is 12.6. The molecule has 1 aliphatic heterocycles. The molecule has 3 rings (SSSR count). The topological polar surface area (TPSA) is 57.7 Å². The van der Waals surface area contributed by atoms with Crippen molar-refractivity contribution in [1.82, 2.24) is 24.5 Å². The molecule has 1 saturated heterocycles. The lowest BCUT2D eigenvalue weighted by Crippen LogP contribution is -2.34. The third-order valence-electron chi connectivity index (χ3n) is 3.58. The summed E-state index contributed by atoms with van der Waals surface area (Å²) in [6.45, 7) is 2.28. The summed E-state index contributed by atoms with van der Waals surface area (Å²) in [5.41, 5.74) is 0.120. The van der Waals surface area contributed by atoms with Crippen LogP contribution in [0.2, 0.25) is 0 Å². The van der Waals surface area contributed by atoms with Crippen LogP contribution in [0.4, 0.5) is 13.2 Å². The Bertz CT molecular complexity index is 580. The molecule has 21 heavy (non-hydrogen) atoms. The van der Waals surface area contributed by atoms with Crippen molar-refractivity contribution in [3.8, 4) is 0 Å². The number of aromatic nitrogens is 4. The molecule has 1 aliphatic rings. The lowest BCUT2D eigenvalue weighted by molar-refractivity contribution is -0.141. The molecule has 0 aliphatic carbocycles. The molecule has 1 fully saturated rings. The molecule has 0 bridgehead atoms. The van der Waals surface area contributed by atoms with Gasteiger partial charge in [0.05, 0.1) is 11.9 Å². The minimum Gasteiger partial charge on any atom is -0.338 e. The number of H-pyrrole nitrogens is 1. The second-order valence-corrected chi connectivity index (χ2v) is 5.76. The number of hydrogen-bond acceptors (Lipinski definition) is 5. The monoisotopic (exact) mass is 317 g/mol. The van der Waals surface area contributed by atoms with Crippen LogP contribution in [0, 0.1) is 0 Å². The molecule has 2 aromatic heterocycles. The number of likely N-dealkylation sites (tertiary alicyclic amines) is 1. The first-order chi connectivity index (χ1) is 10.0. The third-order valence-corrected chi connectivity index (χ3v) is 4.14. The first-order valence-electron chi connectivity index (χ1n) is 6.63. The largest absolute Gasteiger partial charge is 0.432 e. The average molecular weight is 317 g/mol. The Kier molecular flexibility index (Phi) is 3.94. The highest BCUT2D eigenvalue weighted by Crippen LogP contribution is 2.31. The van der Waals surface area contributed by atoms with Gasteiger partial charge in [-0.3, -0.25) is 4.90 Å². The molecule has 0 unspecified atom stereocenters. The predicted octanol–water partition coefficient (Wildman–Crippen LogP) is 2.66. The zero-order chi connectivity index (χ0) is 14.9. The molecule has 0 radical (unpaired) electrons. The third kappa shape index (κ3) is 3.41. The summed E-state index contributed by atoms with van der Waals surface area (Å²) >= 11 is 1.30. The minimum atomic E-state index is -4.37. The van der Waals surface area contributed by atoms with Gasteiger partial charge < -0.3 is 4.98 Å². The second kappa shape index (κ2) is 5.72. The van der Waals surface area contributed by atoms with Gasteiger partial charge >= 0.3 is 6.18 Å². The first-order valence-corrected chi connectivity index (χ1v) is 7.46.